The second-order valence-electron chi connectivity index (χ2n) is 5.74. The van der Waals surface area contributed by atoms with Crippen molar-refractivity contribution in [2.24, 2.45) is 19.8 Å². The van der Waals surface area contributed by atoms with E-state index < -0.39 is 0 Å². The smallest absolute Gasteiger partial charge is 0.330 e. The summed E-state index contributed by atoms with van der Waals surface area (Å²) in [6, 6.07) is 3.81. The van der Waals surface area contributed by atoms with Crippen LogP contribution in [0.3, 0.4) is 0 Å². The Morgan fingerprint density at radius 1 is 1.20 bits per heavy atom. The summed E-state index contributed by atoms with van der Waals surface area (Å²) in [6.45, 7) is 1.09. The van der Waals surface area contributed by atoms with Crippen LogP contribution in [-0.4, -0.2) is 30.2 Å². The summed E-state index contributed by atoms with van der Waals surface area (Å²) in [4.78, 5) is 33.4. The highest BCUT2D eigenvalue weighted by molar-refractivity contribution is 5.85. The van der Waals surface area contributed by atoms with E-state index in [2.05, 4.69) is 9.97 Å². The summed E-state index contributed by atoms with van der Waals surface area (Å²) < 4.78 is 4.39. The first-order chi connectivity index (χ1) is 11.5. The molecule has 0 radical (unpaired) electrons. The molecule has 0 aliphatic carbocycles. The molecule has 134 valence electrons. The van der Waals surface area contributed by atoms with Crippen molar-refractivity contribution in [1.29, 1.82) is 0 Å². The molecule has 0 aliphatic heterocycles. The van der Waals surface area contributed by atoms with E-state index in [1.165, 1.54) is 11.6 Å². The molecule has 0 saturated heterocycles. The molecule has 3 aromatic rings. The average molecular weight is 365 g/mol. The van der Waals surface area contributed by atoms with E-state index in [1.54, 1.807) is 19.4 Å². The van der Waals surface area contributed by atoms with E-state index in [0.717, 1.165) is 22.4 Å². The van der Waals surface area contributed by atoms with E-state index in [0.29, 0.717) is 30.7 Å². The third-order valence-electron chi connectivity index (χ3n) is 4.10. The standard InChI is InChI=1S/C16H20N6O2.ClH/c1-20-14-13(15(23)21(2)16(20)24)22(8-4-6-17)12(19-14)9-11-5-3-7-18-10-11;/h3,5,7,10H,4,6,8-9,17H2,1-2H3;1H. The fraction of sp³-hybridized carbons (Fsp3) is 0.375. The Labute approximate surface area is 150 Å². The minimum absolute atomic E-state index is 0. The van der Waals surface area contributed by atoms with Crippen molar-refractivity contribution >= 4 is 23.6 Å². The molecule has 8 nitrogen and oxygen atoms in total. The van der Waals surface area contributed by atoms with Crippen LogP contribution in [-0.2, 0) is 27.1 Å². The fourth-order valence-corrected chi connectivity index (χ4v) is 2.80. The molecule has 2 N–H and O–H groups in total. The predicted octanol–water partition coefficient (Wildman–Crippen LogP) is 0.190. The van der Waals surface area contributed by atoms with Crippen LogP contribution in [0.15, 0.2) is 34.1 Å². The van der Waals surface area contributed by atoms with Crippen molar-refractivity contribution in [3.63, 3.8) is 0 Å². The van der Waals surface area contributed by atoms with E-state index in [9.17, 15) is 9.59 Å². The number of rotatable bonds is 5. The van der Waals surface area contributed by atoms with Crippen LogP contribution in [0, 0.1) is 0 Å². The normalized spacial score (nSPS) is 10.8. The molecular weight excluding hydrogens is 344 g/mol. The zero-order valence-corrected chi connectivity index (χ0v) is 15.0. The average Bonchev–Trinajstić information content (AvgIpc) is 2.95. The third kappa shape index (κ3) is 3.35. The van der Waals surface area contributed by atoms with Crippen LogP contribution in [0.1, 0.15) is 17.8 Å². The molecule has 0 aliphatic rings. The number of aromatic nitrogens is 5. The lowest BCUT2D eigenvalue weighted by molar-refractivity contribution is 0.633. The monoisotopic (exact) mass is 364 g/mol. The Bertz CT molecular complexity index is 990. The van der Waals surface area contributed by atoms with E-state index >= 15 is 0 Å². The Morgan fingerprint density at radius 2 is 1.96 bits per heavy atom. The molecule has 0 aromatic carbocycles. The van der Waals surface area contributed by atoms with Gasteiger partial charge in [0.05, 0.1) is 0 Å². The zero-order valence-electron chi connectivity index (χ0n) is 14.2. The first-order valence-electron chi connectivity index (χ1n) is 7.78. The number of fused-ring (bicyclic) bond motifs is 1. The largest absolute Gasteiger partial charge is 0.332 e. The molecule has 25 heavy (non-hydrogen) atoms. The molecule has 3 heterocycles. The Morgan fingerprint density at radius 3 is 2.60 bits per heavy atom. The molecule has 3 aromatic heterocycles. The van der Waals surface area contributed by atoms with Gasteiger partial charge in [-0.1, -0.05) is 6.07 Å². The lowest BCUT2D eigenvalue weighted by Gasteiger charge is -2.09. The van der Waals surface area contributed by atoms with Gasteiger partial charge in [0.1, 0.15) is 5.82 Å². The Kier molecular flexibility index (Phi) is 5.76. The van der Waals surface area contributed by atoms with Crippen molar-refractivity contribution in [3.05, 3.63) is 56.8 Å². The van der Waals surface area contributed by atoms with E-state index in [1.807, 2.05) is 16.7 Å². The third-order valence-corrected chi connectivity index (χ3v) is 4.10. The van der Waals surface area contributed by atoms with Gasteiger partial charge in [-0.3, -0.25) is 18.9 Å². The van der Waals surface area contributed by atoms with Crippen LogP contribution in [0.5, 0.6) is 0 Å². The van der Waals surface area contributed by atoms with Crippen LogP contribution < -0.4 is 17.0 Å². The number of hydrogen-bond donors (Lipinski definition) is 1. The second-order valence-corrected chi connectivity index (χ2v) is 5.74. The van der Waals surface area contributed by atoms with Gasteiger partial charge in [0.2, 0.25) is 0 Å². The summed E-state index contributed by atoms with van der Waals surface area (Å²) in [5.41, 5.74) is 6.74. The summed E-state index contributed by atoms with van der Waals surface area (Å²) in [5, 5.41) is 0. The number of aryl methyl sites for hydroxylation is 2. The second kappa shape index (κ2) is 7.62. The minimum atomic E-state index is -0.385. The highest BCUT2D eigenvalue weighted by Crippen LogP contribution is 2.15. The van der Waals surface area contributed by atoms with Gasteiger partial charge in [0.25, 0.3) is 5.56 Å². The van der Waals surface area contributed by atoms with Crippen molar-refractivity contribution in [2.75, 3.05) is 6.54 Å². The zero-order chi connectivity index (χ0) is 17.3. The number of pyridine rings is 1. The van der Waals surface area contributed by atoms with E-state index in [4.69, 9.17) is 5.73 Å². The molecule has 0 amide bonds. The molecule has 0 unspecified atom stereocenters. The molecule has 0 atom stereocenters. The summed E-state index contributed by atoms with van der Waals surface area (Å²) in [6.07, 6.45) is 4.73. The number of imidazole rings is 1. The van der Waals surface area contributed by atoms with Crippen molar-refractivity contribution in [1.82, 2.24) is 23.7 Å². The van der Waals surface area contributed by atoms with Crippen molar-refractivity contribution < 1.29 is 0 Å². The van der Waals surface area contributed by atoms with Gasteiger partial charge in [0, 0.05) is 39.5 Å². The molecule has 0 fully saturated rings. The molecule has 3 rings (SSSR count). The van der Waals surface area contributed by atoms with Gasteiger partial charge in [-0.15, -0.1) is 12.4 Å². The maximum Gasteiger partial charge on any atom is 0.332 e. The van der Waals surface area contributed by atoms with Crippen molar-refractivity contribution in [3.8, 4) is 0 Å². The fourth-order valence-electron chi connectivity index (χ4n) is 2.80. The van der Waals surface area contributed by atoms with Crippen LogP contribution >= 0.6 is 12.4 Å². The first kappa shape index (κ1) is 18.9. The summed E-state index contributed by atoms with van der Waals surface area (Å²) >= 11 is 0. The molecule has 0 spiro atoms. The maximum absolute atomic E-state index is 12.6. The SMILES string of the molecule is Cl.Cn1c(=O)c2c(nc(Cc3cccnc3)n2CCCN)n(C)c1=O. The molecular formula is C16H21ClN6O2. The molecule has 0 bridgehead atoms. The highest BCUT2D eigenvalue weighted by atomic mass is 35.5. The van der Waals surface area contributed by atoms with Gasteiger partial charge in [-0.2, -0.15) is 0 Å². The first-order valence-corrected chi connectivity index (χ1v) is 7.78. The van der Waals surface area contributed by atoms with Gasteiger partial charge >= 0.3 is 5.69 Å². The number of halogens is 1. The van der Waals surface area contributed by atoms with Crippen molar-refractivity contribution in [2.45, 2.75) is 19.4 Å². The van der Waals surface area contributed by atoms with E-state index in [-0.39, 0.29) is 23.7 Å². The quantitative estimate of drug-likeness (QED) is 0.696. The van der Waals surface area contributed by atoms with Gasteiger partial charge in [-0.05, 0) is 24.6 Å². The molecule has 9 heteroatoms. The maximum atomic E-state index is 12.6. The van der Waals surface area contributed by atoms with Crippen LogP contribution in [0.2, 0.25) is 0 Å². The number of nitrogens with zero attached hydrogens (tertiary/aromatic N) is 5. The minimum Gasteiger partial charge on any atom is -0.330 e. The Balaban J connectivity index is 0.00000225. The van der Waals surface area contributed by atoms with Gasteiger partial charge in [0.15, 0.2) is 11.2 Å². The highest BCUT2D eigenvalue weighted by Gasteiger charge is 2.18. The number of hydrogen-bond acceptors (Lipinski definition) is 5. The van der Waals surface area contributed by atoms with Crippen LogP contribution in [0.4, 0.5) is 0 Å². The lowest BCUT2D eigenvalue weighted by Crippen LogP contribution is -2.37. The lowest BCUT2D eigenvalue weighted by atomic mass is 10.2. The topological polar surface area (TPSA) is 101 Å². The predicted molar refractivity (Wildman–Crippen MR) is 98.2 cm³/mol. The Hall–Kier alpha value is -2.45. The summed E-state index contributed by atoms with van der Waals surface area (Å²) in [5.74, 6) is 0.727. The number of nitrogens with two attached hydrogens (primary N) is 1. The van der Waals surface area contributed by atoms with Gasteiger partial charge < -0.3 is 10.3 Å². The summed E-state index contributed by atoms with van der Waals surface area (Å²) in [7, 11) is 3.10. The van der Waals surface area contributed by atoms with Gasteiger partial charge in [-0.25, -0.2) is 9.78 Å². The molecule has 0 saturated carbocycles. The van der Waals surface area contributed by atoms with Crippen LogP contribution in [0.25, 0.3) is 11.2 Å².